The van der Waals surface area contributed by atoms with Gasteiger partial charge in [0.05, 0.1) is 59.2 Å². The molecule has 0 spiro atoms. The Labute approximate surface area is 519 Å². The first-order valence-electron chi connectivity index (χ1n) is 29.8. The lowest BCUT2D eigenvalue weighted by Gasteiger charge is -2.29. The molecule has 0 rings (SSSR count). The second kappa shape index (κ2) is 43.1. The first-order valence-corrected chi connectivity index (χ1v) is 29.8. The van der Waals surface area contributed by atoms with Gasteiger partial charge in [-0.2, -0.15) is 0 Å². The molecular weight excluding hydrogens is 1170 g/mol. The van der Waals surface area contributed by atoms with Crippen LogP contribution in [0.3, 0.4) is 0 Å². The minimum Gasteiger partial charge on any atom is -0.394 e. The molecule has 0 unspecified atom stereocenters. The lowest BCUT2D eigenvalue weighted by molar-refractivity contribution is -0.870. The van der Waals surface area contributed by atoms with Crippen molar-refractivity contribution in [3.63, 3.8) is 0 Å². The number of rotatable bonds is 47. The number of carbonyl (C=O) groups is 12. The lowest BCUT2D eigenvalue weighted by Crippen LogP contribution is -2.68. The highest BCUT2D eigenvalue weighted by Crippen LogP contribution is 2.11. The number of nitrogens with zero attached hydrogens (tertiary/aromatic N) is 1. The summed E-state index contributed by atoms with van der Waals surface area (Å²) in [7, 11) is 5.81. The molecule has 11 amide bonds. The maximum atomic E-state index is 14.3. The summed E-state index contributed by atoms with van der Waals surface area (Å²) in [6.07, 6.45) is -5.17. The normalized spacial score (nSPS) is 16.3. The van der Waals surface area contributed by atoms with Crippen LogP contribution in [0.1, 0.15) is 112 Å². The second-order valence-electron chi connectivity index (χ2n) is 23.2. The van der Waals surface area contributed by atoms with Crippen LogP contribution in [0.5, 0.6) is 0 Å². The molecular formula is C53H107N20O16+3. The number of aliphatic hydroxyl groups is 4. The van der Waals surface area contributed by atoms with Crippen LogP contribution in [0.25, 0.3) is 0 Å². The molecule has 0 aliphatic rings. The molecule has 36 heteroatoms. The van der Waals surface area contributed by atoms with E-state index in [1.165, 1.54) is 27.7 Å². The number of nitrogens with one attached hydrogen (secondary N) is 12. The van der Waals surface area contributed by atoms with E-state index in [-0.39, 0.29) is 57.9 Å². The molecule has 0 aromatic carbocycles. The number of aldehydes is 1. The summed E-state index contributed by atoms with van der Waals surface area (Å²) in [5, 5.41) is 71.3. The van der Waals surface area contributed by atoms with Crippen molar-refractivity contribution in [3.05, 3.63) is 0 Å². The van der Waals surface area contributed by atoms with E-state index in [0.717, 1.165) is 6.92 Å². The highest BCUT2D eigenvalue weighted by atomic mass is 16.3. The number of unbranched alkanes of at least 4 members (excludes halogenated alkanes) is 2. The number of nitrogens with two attached hydrogens (primary N) is 5. The first-order chi connectivity index (χ1) is 41.5. The molecule has 36 nitrogen and oxygen atoms in total. The molecule has 32 N–H and O–H groups in total. The number of hydrogen-bond acceptors (Lipinski definition) is 22. The molecule has 14 atom stereocenters. The molecule has 0 aliphatic heterocycles. The lowest BCUT2D eigenvalue weighted by atomic mass is 10.0. The van der Waals surface area contributed by atoms with E-state index in [9.17, 15) is 78.0 Å². The third-order valence-corrected chi connectivity index (χ3v) is 13.6. The Kier molecular flexibility index (Phi) is 39.9. The third-order valence-electron chi connectivity index (χ3n) is 13.6. The first kappa shape index (κ1) is 82.3. The van der Waals surface area contributed by atoms with Crippen LogP contribution in [-0.2, 0) is 57.5 Å². The standard InChI is InChI=1S/C53H104N20O16/c1-27(55)42(80)64-35(18-14-23-62-53(59)60)47(85)72-41(31(5)78)51(89)68-33(16-10-12-24-73(6,7)8)44(82)67-36(19-20-39(56)79)48(86)71-40(30(4)77)50(88)63-28(2)43(81)65-34(17-13-22-61-52(57)58)45(83)66-32(15-9-11-21-54)46(84)70-38(26-75)49(87)69-37(25-74)29(3)76/h25,27-38,40-41,52-53,61-62,75-78H,9-24,26,54-55,57-60H2,1-8H3,(H11-,56,63,64,65,66,67,68,69,70,71,72,79,80,81,82,83,84,85,86,87,88,89)/p+3/t27-,28-,29+,30+,31+,32-,33-,34-,35-,36-,37+,38-,40-,41-/m0/s1. The van der Waals surface area contributed by atoms with Gasteiger partial charge in [-0.3, -0.25) is 63.4 Å². The van der Waals surface area contributed by atoms with Gasteiger partial charge in [0.2, 0.25) is 59.1 Å². The zero-order chi connectivity index (χ0) is 68.3. The van der Waals surface area contributed by atoms with E-state index >= 15 is 0 Å². The summed E-state index contributed by atoms with van der Waals surface area (Å²) in [6.45, 7) is 6.78. The molecule has 0 fully saturated rings. The van der Waals surface area contributed by atoms with Gasteiger partial charge < -0.3 is 123 Å². The van der Waals surface area contributed by atoms with Crippen molar-refractivity contribution in [2.45, 2.75) is 209 Å². The summed E-state index contributed by atoms with van der Waals surface area (Å²) >= 11 is 0. The Morgan fingerprint density at radius 1 is 0.461 bits per heavy atom. The topological polar surface area (TPSA) is 615 Å². The Morgan fingerprint density at radius 2 is 0.820 bits per heavy atom. The van der Waals surface area contributed by atoms with E-state index in [0.29, 0.717) is 43.3 Å². The summed E-state index contributed by atoms with van der Waals surface area (Å²) in [5.41, 5.74) is 35.2. The Bertz CT molecular complexity index is 2260. The van der Waals surface area contributed by atoms with Gasteiger partial charge in [0, 0.05) is 6.42 Å². The number of aliphatic hydroxyl groups excluding tert-OH is 4. The van der Waals surface area contributed by atoms with E-state index in [4.69, 9.17) is 28.7 Å². The van der Waals surface area contributed by atoms with E-state index < -0.39 is 182 Å². The van der Waals surface area contributed by atoms with Crippen LogP contribution < -0.4 is 104 Å². The van der Waals surface area contributed by atoms with Crippen LogP contribution in [0, 0.1) is 0 Å². The van der Waals surface area contributed by atoms with E-state index in [1.807, 2.05) is 21.1 Å². The summed E-state index contributed by atoms with van der Waals surface area (Å²) in [6, 6.07) is -16.1. The van der Waals surface area contributed by atoms with Gasteiger partial charge in [-0.05, 0) is 118 Å². The Morgan fingerprint density at radius 3 is 1.19 bits per heavy atom. The average Bonchev–Trinajstić information content (AvgIpc) is 1.63. The zero-order valence-electron chi connectivity index (χ0n) is 52.8. The Hall–Kier alpha value is -6.68. The predicted octanol–water partition coefficient (Wildman–Crippen LogP) is -12.5. The largest absolute Gasteiger partial charge is 0.394 e. The molecule has 0 heterocycles. The second-order valence-corrected chi connectivity index (χ2v) is 23.2. The summed E-state index contributed by atoms with van der Waals surface area (Å²) in [4.78, 5) is 161. The average molecular weight is 1280 g/mol. The summed E-state index contributed by atoms with van der Waals surface area (Å²) in [5.74, 6) is -10.5. The van der Waals surface area contributed by atoms with Crippen molar-refractivity contribution in [2.75, 3.05) is 53.9 Å². The van der Waals surface area contributed by atoms with Crippen molar-refractivity contribution >= 4 is 71.3 Å². The Balaban J connectivity index is 6.85. The quantitative estimate of drug-likeness (QED) is 0.0116. The fourth-order valence-electron chi connectivity index (χ4n) is 8.34. The van der Waals surface area contributed by atoms with Gasteiger partial charge in [-0.1, -0.05) is 0 Å². The fraction of sp³-hybridized carbons (Fsp3) is 0.774. The van der Waals surface area contributed by atoms with Gasteiger partial charge in [0.15, 0.2) is 6.04 Å². The number of quaternary nitrogens is 3. The molecule has 89 heavy (non-hydrogen) atoms. The number of primary amides is 1. The zero-order valence-corrected chi connectivity index (χ0v) is 52.8. The van der Waals surface area contributed by atoms with Gasteiger partial charge in [-0.25, -0.2) is 0 Å². The van der Waals surface area contributed by atoms with Crippen molar-refractivity contribution in [3.8, 4) is 0 Å². The third kappa shape index (κ3) is 34.8. The number of amides is 11. The molecule has 512 valence electrons. The highest BCUT2D eigenvalue weighted by molar-refractivity contribution is 5.99. The van der Waals surface area contributed by atoms with Crippen LogP contribution >= 0.6 is 0 Å². The molecule has 0 bridgehead atoms. The van der Waals surface area contributed by atoms with Crippen molar-refractivity contribution in [1.82, 2.24) is 63.8 Å². The van der Waals surface area contributed by atoms with Gasteiger partial charge in [0.1, 0.15) is 79.3 Å². The van der Waals surface area contributed by atoms with Crippen LogP contribution in [-0.4, -0.2) is 247 Å². The molecule has 0 saturated heterocycles. The van der Waals surface area contributed by atoms with E-state index in [1.54, 1.807) is 0 Å². The van der Waals surface area contributed by atoms with Gasteiger partial charge in [0.25, 0.3) is 5.91 Å². The van der Waals surface area contributed by atoms with Crippen LogP contribution in [0.2, 0.25) is 0 Å². The number of carbonyl (C=O) groups excluding carboxylic acids is 12. The monoisotopic (exact) mass is 1280 g/mol. The molecule has 0 aromatic rings. The minimum absolute atomic E-state index is 0.0122. The highest BCUT2D eigenvalue weighted by Gasteiger charge is 2.37. The van der Waals surface area contributed by atoms with E-state index in [2.05, 4.69) is 75.3 Å². The maximum Gasteiger partial charge on any atom is 0.278 e. The fourth-order valence-corrected chi connectivity index (χ4v) is 8.34. The molecule has 0 aromatic heterocycles. The summed E-state index contributed by atoms with van der Waals surface area (Å²) < 4.78 is 0.537. The van der Waals surface area contributed by atoms with Crippen molar-refractivity contribution < 1.29 is 93.9 Å². The van der Waals surface area contributed by atoms with Crippen LogP contribution in [0.15, 0.2) is 0 Å². The maximum absolute atomic E-state index is 14.3. The van der Waals surface area contributed by atoms with Gasteiger partial charge in [-0.15, -0.1) is 0 Å². The SMILES string of the molecule is C[C@H]([NH3+])C(=O)N[C@@H](CCCNC(N)N)C(=O)N[C@H](C(=O)N[C@@H](CCCC[N+](C)(C)C)C(=O)N[C@@H](CCC(N)=O)C(=O)N[C@H](C(=O)N[C@@H](C)C(=O)N[C@@H](CCCNC(N)N)C(=O)N[C@@H](CCCC[NH3+])C(=O)N[C@@H](CO)C(=O)N[C@H](C=O)[C@@H](C)O)[C@@H](C)O)[C@@H](C)O. The molecule has 0 radical (unpaired) electrons. The number of hydrogen-bond donors (Lipinski definition) is 23. The molecule has 0 saturated carbocycles. The smallest absolute Gasteiger partial charge is 0.278 e. The van der Waals surface area contributed by atoms with Crippen LogP contribution in [0.4, 0.5) is 0 Å². The minimum atomic E-state index is -1.86. The van der Waals surface area contributed by atoms with Gasteiger partial charge >= 0.3 is 0 Å². The van der Waals surface area contributed by atoms with Crippen molar-refractivity contribution in [2.24, 2.45) is 28.7 Å². The van der Waals surface area contributed by atoms with Crippen molar-refractivity contribution in [1.29, 1.82) is 0 Å². The molecule has 0 aliphatic carbocycles. The predicted molar refractivity (Wildman–Crippen MR) is 321 cm³/mol.